The predicted molar refractivity (Wildman–Crippen MR) is 117 cm³/mol. The molecule has 0 radical (unpaired) electrons. The van der Waals surface area contributed by atoms with Crippen molar-refractivity contribution in [1.29, 1.82) is 0 Å². The van der Waals surface area contributed by atoms with Crippen LogP contribution in [-0.4, -0.2) is 54.1 Å². The number of hydrogen-bond acceptors (Lipinski definition) is 6. The largest absolute Gasteiger partial charge is 0.483 e. The minimum atomic E-state index is -0.499. The molecule has 1 saturated heterocycles. The lowest BCUT2D eigenvalue weighted by Gasteiger charge is -2.48. The number of carbonyl (C=O) groups is 2. The van der Waals surface area contributed by atoms with Crippen molar-refractivity contribution in [2.45, 2.75) is 52.7 Å². The van der Waals surface area contributed by atoms with E-state index in [9.17, 15) is 9.59 Å². The van der Waals surface area contributed by atoms with Gasteiger partial charge in [-0.3, -0.25) is 4.79 Å². The lowest BCUT2D eigenvalue weighted by molar-refractivity contribution is -0.122. The van der Waals surface area contributed by atoms with Crippen LogP contribution in [0.3, 0.4) is 0 Å². The number of fused-ring (bicyclic) bond motifs is 3. The third-order valence-electron chi connectivity index (χ3n) is 5.50. The molecule has 0 spiro atoms. The van der Waals surface area contributed by atoms with Crippen LogP contribution in [0.4, 0.5) is 10.5 Å². The van der Waals surface area contributed by atoms with Crippen LogP contribution in [0, 0.1) is 5.41 Å². The van der Waals surface area contributed by atoms with Gasteiger partial charge in [0.1, 0.15) is 24.0 Å². The zero-order valence-electron chi connectivity index (χ0n) is 17.9. The molecule has 1 unspecified atom stereocenters. The molecule has 1 atom stereocenters. The number of hydrogen-bond donors (Lipinski definition) is 1. The van der Waals surface area contributed by atoms with E-state index in [0.29, 0.717) is 25.5 Å². The topological polar surface area (TPSA) is 83.5 Å². The summed E-state index contributed by atoms with van der Waals surface area (Å²) in [5, 5.41) is 4.14. The molecule has 30 heavy (non-hydrogen) atoms. The van der Waals surface area contributed by atoms with Crippen LogP contribution in [0.1, 0.15) is 40.2 Å². The highest BCUT2D eigenvalue weighted by atomic mass is 79.9. The highest BCUT2D eigenvalue weighted by Crippen LogP contribution is 2.42. The van der Waals surface area contributed by atoms with E-state index in [1.54, 1.807) is 4.90 Å². The Morgan fingerprint density at radius 3 is 2.77 bits per heavy atom. The van der Waals surface area contributed by atoms with Gasteiger partial charge in [0.15, 0.2) is 5.84 Å². The van der Waals surface area contributed by atoms with Gasteiger partial charge in [0.2, 0.25) is 0 Å². The molecule has 0 aromatic heterocycles. The van der Waals surface area contributed by atoms with Gasteiger partial charge >= 0.3 is 6.09 Å². The van der Waals surface area contributed by atoms with Gasteiger partial charge in [0.25, 0.3) is 5.91 Å². The zero-order chi connectivity index (χ0) is 21.8. The molecule has 8 nitrogen and oxygen atoms in total. The molecule has 3 aliphatic rings. The Hall–Kier alpha value is -2.29. The van der Waals surface area contributed by atoms with Gasteiger partial charge in [-0.2, -0.15) is 5.10 Å². The summed E-state index contributed by atoms with van der Waals surface area (Å²) in [4.78, 5) is 28.1. The van der Waals surface area contributed by atoms with Crippen molar-refractivity contribution in [1.82, 2.24) is 10.3 Å². The summed E-state index contributed by atoms with van der Waals surface area (Å²) >= 11 is 3.67. The highest BCUT2D eigenvalue weighted by molar-refractivity contribution is 9.10. The minimum absolute atomic E-state index is 0.0506. The van der Waals surface area contributed by atoms with E-state index >= 15 is 0 Å². The number of nitrogens with zero attached hydrogens (tertiary/aromatic N) is 3. The Morgan fingerprint density at radius 1 is 1.40 bits per heavy atom. The fraction of sp³-hybridized carbons (Fsp3) is 0.571. The first-order valence-electron chi connectivity index (χ1n) is 10.0. The average molecular weight is 479 g/mol. The quantitative estimate of drug-likeness (QED) is 0.704. The van der Waals surface area contributed by atoms with E-state index in [1.807, 2.05) is 38.7 Å². The van der Waals surface area contributed by atoms with E-state index in [1.165, 1.54) is 0 Å². The normalized spacial score (nSPS) is 22.1. The Labute approximate surface area is 184 Å². The van der Waals surface area contributed by atoms with Crippen molar-refractivity contribution < 1.29 is 19.1 Å². The number of benzene rings is 1. The molecule has 9 heteroatoms. The molecular formula is C21H27BrN4O4. The standard InChI is InChI=1S/C21H27BrN4O4/c1-12-18(27)24-23-17-9-29-16-7-14(22)13(6-15(16)26(12)17)8-21(5)10-25(11-21)19(28)30-20(2,3)4/h6-7,12H,8-11H2,1-5H3,(H,24,27). The summed E-state index contributed by atoms with van der Waals surface area (Å²) < 4.78 is 12.3. The molecule has 0 saturated carbocycles. The summed E-state index contributed by atoms with van der Waals surface area (Å²) in [6.07, 6.45) is 0.507. The van der Waals surface area contributed by atoms with Crippen molar-refractivity contribution in [3.05, 3.63) is 22.2 Å². The molecule has 1 aromatic carbocycles. The Balaban J connectivity index is 1.53. The number of rotatable bonds is 2. The molecule has 0 bridgehead atoms. The third kappa shape index (κ3) is 3.87. The van der Waals surface area contributed by atoms with Gasteiger partial charge in [0.05, 0.1) is 5.69 Å². The van der Waals surface area contributed by atoms with Gasteiger partial charge in [-0.05, 0) is 51.8 Å². The second-order valence-electron chi connectivity index (χ2n) is 9.57. The number of hydrazone groups is 1. The van der Waals surface area contributed by atoms with E-state index in [-0.39, 0.29) is 23.5 Å². The number of nitrogens with one attached hydrogen (secondary N) is 1. The maximum atomic E-state index is 12.3. The Morgan fingerprint density at radius 2 is 2.10 bits per heavy atom. The average Bonchev–Trinajstić information content (AvgIpc) is 2.61. The Bertz CT molecular complexity index is 934. The van der Waals surface area contributed by atoms with Crippen LogP contribution in [-0.2, 0) is 16.0 Å². The minimum Gasteiger partial charge on any atom is -0.483 e. The molecule has 3 aliphatic heterocycles. The molecule has 3 heterocycles. The van der Waals surface area contributed by atoms with Crippen molar-refractivity contribution in [3.8, 4) is 5.75 Å². The van der Waals surface area contributed by atoms with Gasteiger partial charge in [-0.25, -0.2) is 10.2 Å². The maximum Gasteiger partial charge on any atom is 0.410 e. The number of carbonyl (C=O) groups excluding carboxylic acids is 2. The summed E-state index contributed by atoms with van der Waals surface area (Å²) in [6.45, 7) is 11.2. The fourth-order valence-electron chi connectivity index (χ4n) is 4.13. The van der Waals surface area contributed by atoms with Gasteiger partial charge in [0, 0.05) is 23.0 Å². The van der Waals surface area contributed by atoms with Crippen molar-refractivity contribution in [3.63, 3.8) is 0 Å². The fourth-order valence-corrected chi connectivity index (χ4v) is 4.59. The summed E-state index contributed by atoms with van der Waals surface area (Å²) in [5.74, 6) is 1.27. The predicted octanol–water partition coefficient (Wildman–Crippen LogP) is 3.28. The van der Waals surface area contributed by atoms with E-state index in [4.69, 9.17) is 9.47 Å². The van der Waals surface area contributed by atoms with Crippen LogP contribution in [0.2, 0.25) is 0 Å². The first kappa shape index (κ1) is 21.0. The monoisotopic (exact) mass is 478 g/mol. The van der Waals surface area contributed by atoms with Crippen LogP contribution in [0.5, 0.6) is 5.75 Å². The number of likely N-dealkylation sites (tertiary alicyclic amines) is 1. The molecular weight excluding hydrogens is 452 g/mol. The van der Waals surface area contributed by atoms with E-state index in [2.05, 4.69) is 39.4 Å². The molecule has 162 valence electrons. The van der Waals surface area contributed by atoms with Crippen molar-refractivity contribution >= 4 is 39.5 Å². The van der Waals surface area contributed by atoms with Crippen LogP contribution in [0.15, 0.2) is 21.7 Å². The van der Waals surface area contributed by atoms with Gasteiger partial charge < -0.3 is 19.3 Å². The maximum absolute atomic E-state index is 12.3. The lowest BCUT2D eigenvalue weighted by Crippen LogP contribution is -2.58. The van der Waals surface area contributed by atoms with Crippen LogP contribution in [0.25, 0.3) is 0 Å². The first-order chi connectivity index (χ1) is 14.0. The molecule has 1 fully saturated rings. The first-order valence-corrected chi connectivity index (χ1v) is 10.8. The Kier molecular flexibility index (Phi) is 4.99. The lowest BCUT2D eigenvalue weighted by atomic mass is 9.77. The highest BCUT2D eigenvalue weighted by Gasteiger charge is 2.44. The number of anilines is 1. The molecule has 1 N–H and O–H groups in total. The zero-order valence-corrected chi connectivity index (χ0v) is 19.5. The molecule has 4 rings (SSSR count). The van der Waals surface area contributed by atoms with Crippen molar-refractivity contribution in [2.24, 2.45) is 10.5 Å². The summed E-state index contributed by atoms with van der Waals surface area (Å²) in [5.41, 5.74) is 3.94. The van der Waals surface area contributed by atoms with Crippen LogP contribution < -0.4 is 15.1 Å². The molecule has 0 aliphatic carbocycles. The van der Waals surface area contributed by atoms with Gasteiger partial charge in [-0.15, -0.1) is 0 Å². The van der Waals surface area contributed by atoms with Crippen LogP contribution >= 0.6 is 15.9 Å². The van der Waals surface area contributed by atoms with Crippen molar-refractivity contribution in [2.75, 3.05) is 24.6 Å². The SMILES string of the molecule is CC1C(=O)NN=C2COc3cc(Br)c(CC4(C)CN(C(=O)OC(C)(C)C)C4)cc3N21. The third-order valence-corrected chi connectivity index (χ3v) is 6.24. The molecule has 1 aromatic rings. The second-order valence-corrected chi connectivity index (χ2v) is 10.4. The number of amidine groups is 1. The number of ether oxygens (including phenoxy) is 2. The van der Waals surface area contributed by atoms with E-state index < -0.39 is 5.60 Å². The second kappa shape index (κ2) is 7.14. The number of halogens is 1. The van der Waals surface area contributed by atoms with Gasteiger partial charge in [-0.1, -0.05) is 22.9 Å². The summed E-state index contributed by atoms with van der Waals surface area (Å²) in [7, 11) is 0. The number of amides is 2. The van der Waals surface area contributed by atoms with E-state index in [0.717, 1.165) is 27.9 Å². The molecule has 2 amide bonds. The smallest absolute Gasteiger partial charge is 0.410 e. The summed E-state index contributed by atoms with van der Waals surface area (Å²) in [6, 6.07) is 3.65.